The zero-order chi connectivity index (χ0) is 22.3. The molecule has 0 radical (unpaired) electrons. The molecule has 0 amide bonds. The molecule has 2 aliphatic rings. The van der Waals surface area contributed by atoms with Gasteiger partial charge in [0, 0.05) is 23.0 Å². The number of phenolic OH excluding ortho intramolecular Hbond substituents is 1. The van der Waals surface area contributed by atoms with E-state index in [9.17, 15) is 25.1 Å². The SMILES string of the molecule is CC(C)(CCCO[N+](=O)[O-])c1cc(O)c2c(c1)OC(C)(C)[C@@H]1CC=C(C(=O)O)C[C@@H]21. The van der Waals surface area contributed by atoms with Crippen LogP contribution in [0.1, 0.15) is 70.4 Å². The van der Waals surface area contributed by atoms with Crippen molar-refractivity contribution in [3.63, 3.8) is 0 Å². The van der Waals surface area contributed by atoms with Crippen LogP contribution in [0.5, 0.6) is 11.5 Å². The number of benzene rings is 1. The van der Waals surface area contributed by atoms with E-state index in [0.29, 0.717) is 42.6 Å². The maximum absolute atomic E-state index is 11.5. The van der Waals surface area contributed by atoms with E-state index >= 15 is 0 Å². The Kier molecular flexibility index (Phi) is 5.71. The van der Waals surface area contributed by atoms with Gasteiger partial charge in [0.25, 0.3) is 5.09 Å². The quantitative estimate of drug-likeness (QED) is 0.383. The minimum absolute atomic E-state index is 0.0188. The van der Waals surface area contributed by atoms with Crippen LogP contribution in [0.4, 0.5) is 0 Å². The number of carbonyl (C=O) groups is 1. The molecule has 2 atom stereocenters. The summed E-state index contributed by atoms with van der Waals surface area (Å²) in [6.45, 7) is 8.02. The van der Waals surface area contributed by atoms with Crippen molar-refractivity contribution >= 4 is 5.97 Å². The van der Waals surface area contributed by atoms with E-state index in [1.807, 2.05) is 33.8 Å². The van der Waals surface area contributed by atoms with Crippen molar-refractivity contribution in [2.75, 3.05) is 6.61 Å². The van der Waals surface area contributed by atoms with Gasteiger partial charge in [0.1, 0.15) is 17.1 Å². The maximum atomic E-state index is 11.5. The molecular weight excluding hydrogens is 390 g/mol. The summed E-state index contributed by atoms with van der Waals surface area (Å²) in [6, 6.07) is 3.63. The zero-order valence-electron chi connectivity index (χ0n) is 17.8. The number of carboxylic acid groups (broad SMARTS) is 1. The number of phenols is 1. The van der Waals surface area contributed by atoms with Crippen molar-refractivity contribution in [3.05, 3.63) is 45.0 Å². The molecule has 0 spiro atoms. The molecule has 1 aliphatic heterocycles. The Balaban J connectivity index is 1.92. The lowest BCUT2D eigenvalue weighted by molar-refractivity contribution is -0.757. The molecule has 0 unspecified atom stereocenters. The smallest absolute Gasteiger partial charge is 0.331 e. The third-order valence-corrected chi connectivity index (χ3v) is 6.50. The van der Waals surface area contributed by atoms with Gasteiger partial charge < -0.3 is 19.8 Å². The fourth-order valence-electron chi connectivity index (χ4n) is 4.76. The molecule has 1 aromatic rings. The van der Waals surface area contributed by atoms with Gasteiger partial charge in [0.2, 0.25) is 0 Å². The lowest BCUT2D eigenvalue weighted by atomic mass is 9.66. The summed E-state index contributed by atoms with van der Waals surface area (Å²) in [5.41, 5.74) is 1.03. The Labute approximate surface area is 175 Å². The first-order valence-corrected chi connectivity index (χ1v) is 10.2. The maximum Gasteiger partial charge on any atom is 0.331 e. The van der Waals surface area contributed by atoms with Crippen molar-refractivity contribution in [2.45, 2.75) is 70.3 Å². The van der Waals surface area contributed by atoms with E-state index in [1.165, 1.54) is 0 Å². The second-order valence-corrected chi connectivity index (χ2v) is 9.34. The fourth-order valence-corrected chi connectivity index (χ4v) is 4.76. The van der Waals surface area contributed by atoms with Gasteiger partial charge >= 0.3 is 5.97 Å². The van der Waals surface area contributed by atoms with Crippen LogP contribution >= 0.6 is 0 Å². The number of aliphatic carboxylic acids is 1. The van der Waals surface area contributed by atoms with Crippen LogP contribution in [-0.4, -0.2) is 33.5 Å². The van der Waals surface area contributed by atoms with Crippen LogP contribution in [0.2, 0.25) is 0 Å². The number of hydrogen-bond acceptors (Lipinski definition) is 6. The first kappa shape index (κ1) is 21.9. The number of ether oxygens (including phenoxy) is 1. The Morgan fingerprint density at radius 2 is 2.10 bits per heavy atom. The van der Waals surface area contributed by atoms with Gasteiger partial charge in [-0.3, -0.25) is 0 Å². The van der Waals surface area contributed by atoms with Crippen LogP contribution in [0.25, 0.3) is 0 Å². The van der Waals surface area contributed by atoms with Crippen LogP contribution in [0.15, 0.2) is 23.8 Å². The largest absolute Gasteiger partial charge is 0.508 e. The van der Waals surface area contributed by atoms with E-state index in [2.05, 4.69) is 4.84 Å². The van der Waals surface area contributed by atoms with E-state index in [0.717, 1.165) is 5.56 Å². The van der Waals surface area contributed by atoms with Crippen molar-refractivity contribution in [1.29, 1.82) is 0 Å². The predicted molar refractivity (Wildman–Crippen MR) is 109 cm³/mol. The van der Waals surface area contributed by atoms with Gasteiger partial charge in [-0.15, -0.1) is 10.1 Å². The van der Waals surface area contributed by atoms with Crippen molar-refractivity contribution < 1.29 is 29.7 Å². The Morgan fingerprint density at radius 3 is 2.73 bits per heavy atom. The molecule has 0 aromatic heterocycles. The molecule has 8 nitrogen and oxygen atoms in total. The molecule has 0 bridgehead atoms. The van der Waals surface area contributed by atoms with Gasteiger partial charge in [0.05, 0.1) is 6.61 Å². The average molecular weight is 419 g/mol. The van der Waals surface area contributed by atoms with E-state index < -0.39 is 16.7 Å². The van der Waals surface area contributed by atoms with Gasteiger partial charge in [-0.1, -0.05) is 19.9 Å². The highest BCUT2D eigenvalue weighted by molar-refractivity contribution is 5.87. The third kappa shape index (κ3) is 4.22. The lowest BCUT2D eigenvalue weighted by Gasteiger charge is -2.47. The monoisotopic (exact) mass is 419 g/mol. The van der Waals surface area contributed by atoms with Crippen LogP contribution < -0.4 is 4.74 Å². The van der Waals surface area contributed by atoms with Gasteiger partial charge in [-0.25, -0.2) is 4.79 Å². The Morgan fingerprint density at radius 1 is 1.40 bits per heavy atom. The molecule has 0 saturated heterocycles. The summed E-state index contributed by atoms with van der Waals surface area (Å²) in [7, 11) is 0. The number of carboxylic acids is 1. The predicted octanol–water partition coefficient (Wildman–Crippen LogP) is 4.33. The van der Waals surface area contributed by atoms with Crippen molar-refractivity contribution in [3.8, 4) is 11.5 Å². The van der Waals surface area contributed by atoms with Gasteiger partial charge in [-0.05, 0) is 62.6 Å². The summed E-state index contributed by atoms with van der Waals surface area (Å²) < 4.78 is 6.31. The Bertz CT molecular complexity index is 888. The molecule has 0 saturated carbocycles. The highest BCUT2D eigenvalue weighted by Gasteiger charge is 2.47. The molecule has 1 aliphatic carbocycles. The van der Waals surface area contributed by atoms with Crippen LogP contribution in [0, 0.1) is 16.0 Å². The average Bonchev–Trinajstić information content (AvgIpc) is 2.63. The number of aromatic hydroxyl groups is 1. The van der Waals surface area contributed by atoms with E-state index in [-0.39, 0.29) is 29.6 Å². The molecule has 0 fully saturated rings. The van der Waals surface area contributed by atoms with Crippen molar-refractivity contribution in [1.82, 2.24) is 0 Å². The van der Waals surface area contributed by atoms with E-state index in [1.54, 1.807) is 12.1 Å². The standard InChI is InChI=1S/C22H29NO7/c1-21(2,8-5-9-29-23(27)28)14-11-17(24)19-15-10-13(20(25)26)6-7-16(15)22(3,4)30-18(19)12-14/h6,11-12,15-16,24H,5,7-10H2,1-4H3,(H,25,26)/t15-,16-/m1/s1. The highest BCUT2D eigenvalue weighted by atomic mass is 16.9. The van der Waals surface area contributed by atoms with E-state index in [4.69, 9.17) is 4.74 Å². The molecule has 3 rings (SSSR count). The number of hydrogen-bond donors (Lipinski definition) is 2. The molecule has 30 heavy (non-hydrogen) atoms. The lowest BCUT2D eigenvalue weighted by Crippen LogP contribution is -2.46. The van der Waals surface area contributed by atoms with Crippen LogP contribution in [0.3, 0.4) is 0 Å². The summed E-state index contributed by atoms with van der Waals surface area (Å²) in [4.78, 5) is 26.3. The molecule has 164 valence electrons. The molecule has 8 heteroatoms. The number of allylic oxidation sites excluding steroid dienone is 1. The third-order valence-electron chi connectivity index (χ3n) is 6.50. The topological polar surface area (TPSA) is 119 Å². The second kappa shape index (κ2) is 7.81. The molecular formula is C22H29NO7. The molecule has 1 aromatic carbocycles. The minimum Gasteiger partial charge on any atom is -0.508 e. The normalized spacial score (nSPS) is 22.2. The number of fused-ring (bicyclic) bond motifs is 3. The molecule has 1 heterocycles. The zero-order valence-corrected chi connectivity index (χ0v) is 17.8. The summed E-state index contributed by atoms with van der Waals surface area (Å²) in [6.07, 6.45) is 3.83. The minimum atomic E-state index is -0.923. The molecule has 2 N–H and O–H groups in total. The summed E-state index contributed by atoms with van der Waals surface area (Å²) in [5.74, 6) is -0.303. The highest BCUT2D eigenvalue weighted by Crippen LogP contribution is 2.55. The first-order valence-electron chi connectivity index (χ1n) is 10.2. The van der Waals surface area contributed by atoms with Crippen LogP contribution in [-0.2, 0) is 15.0 Å². The summed E-state index contributed by atoms with van der Waals surface area (Å²) >= 11 is 0. The number of nitrogens with zero attached hydrogens (tertiary/aromatic N) is 1. The second-order valence-electron chi connectivity index (χ2n) is 9.34. The summed E-state index contributed by atoms with van der Waals surface area (Å²) in [5, 5.41) is 29.9. The Hall–Kier alpha value is -2.77. The van der Waals surface area contributed by atoms with Crippen molar-refractivity contribution in [2.24, 2.45) is 5.92 Å². The van der Waals surface area contributed by atoms with Gasteiger partial charge in [-0.2, -0.15) is 0 Å². The first-order chi connectivity index (χ1) is 13.9. The van der Waals surface area contributed by atoms with Gasteiger partial charge in [0.15, 0.2) is 0 Å². The number of rotatable bonds is 7. The fraction of sp³-hybridized carbons (Fsp3) is 0.591.